The summed E-state index contributed by atoms with van der Waals surface area (Å²) in [6, 6.07) is 11.8. The molecule has 2 aromatic rings. The normalized spacial score (nSPS) is 18.9. The molecule has 4 rings (SSSR count). The van der Waals surface area contributed by atoms with Gasteiger partial charge in [-0.2, -0.15) is 0 Å². The average Bonchev–Trinajstić information content (AvgIpc) is 3.08. The lowest BCUT2D eigenvalue weighted by molar-refractivity contribution is -0.124. The Balaban J connectivity index is 1.51. The maximum Gasteiger partial charge on any atom is 0.256 e. The van der Waals surface area contributed by atoms with Crippen LogP contribution in [0.1, 0.15) is 6.42 Å². The summed E-state index contributed by atoms with van der Waals surface area (Å²) in [5.41, 5.74) is 1.08. The van der Waals surface area contributed by atoms with Crippen LogP contribution in [-0.2, 0) is 14.3 Å². The second-order valence-corrected chi connectivity index (χ2v) is 8.44. The number of ether oxygens (including phenoxy) is 2. The van der Waals surface area contributed by atoms with E-state index < -0.39 is 11.9 Å². The molecule has 2 heterocycles. The first kappa shape index (κ1) is 24.1. The van der Waals surface area contributed by atoms with Gasteiger partial charge in [0, 0.05) is 31.9 Å². The number of carbonyl (C=O) groups is 2. The van der Waals surface area contributed by atoms with E-state index in [2.05, 4.69) is 10.2 Å². The molecule has 8 nitrogen and oxygen atoms in total. The lowest BCUT2D eigenvalue weighted by atomic mass is 10.1. The van der Waals surface area contributed by atoms with Crippen LogP contribution in [0.15, 0.2) is 48.5 Å². The van der Waals surface area contributed by atoms with Gasteiger partial charge in [-0.1, -0.05) is 0 Å². The Morgan fingerprint density at radius 1 is 1.12 bits per heavy atom. The van der Waals surface area contributed by atoms with Gasteiger partial charge >= 0.3 is 0 Å². The molecule has 0 saturated carbocycles. The van der Waals surface area contributed by atoms with Gasteiger partial charge in [0.15, 0.2) is 5.11 Å². The number of thiocarbonyl (C=S) groups is 1. The zero-order valence-electron chi connectivity index (χ0n) is 18.9. The number of rotatable bonds is 8. The van der Waals surface area contributed by atoms with E-state index >= 15 is 0 Å². The van der Waals surface area contributed by atoms with Crippen molar-refractivity contribution in [2.24, 2.45) is 0 Å². The van der Waals surface area contributed by atoms with Gasteiger partial charge in [-0.3, -0.25) is 19.4 Å². The molecule has 34 heavy (non-hydrogen) atoms. The Morgan fingerprint density at radius 3 is 2.44 bits per heavy atom. The van der Waals surface area contributed by atoms with E-state index in [4.69, 9.17) is 21.7 Å². The van der Waals surface area contributed by atoms with Gasteiger partial charge in [-0.25, -0.2) is 4.39 Å². The van der Waals surface area contributed by atoms with Crippen molar-refractivity contribution in [3.8, 4) is 5.75 Å². The number of anilines is 2. The van der Waals surface area contributed by atoms with Crippen molar-refractivity contribution < 1.29 is 23.5 Å². The minimum Gasteiger partial charge on any atom is -0.497 e. The molecule has 2 amide bonds. The fraction of sp³-hybridized carbons (Fsp3) is 0.375. The monoisotopic (exact) mass is 486 g/mol. The van der Waals surface area contributed by atoms with Crippen LogP contribution in [0.3, 0.4) is 0 Å². The highest BCUT2D eigenvalue weighted by atomic mass is 32.1. The predicted octanol–water partition coefficient (Wildman–Crippen LogP) is 2.50. The molecule has 1 N–H and O–H groups in total. The van der Waals surface area contributed by atoms with Crippen LogP contribution >= 0.6 is 12.2 Å². The number of nitrogens with zero attached hydrogens (tertiary/aromatic N) is 3. The summed E-state index contributed by atoms with van der Waals surface area (Å²) in [4.78, 5) is 31.8. The van der Waals surface area contributed by atoms with Crippen LogP contribution in [0, 0.1) is 5.82 Å². The van der Waals surface area contributed by atoms with E-state index in [-0.39, 0.29) is 18.2 Å². The molecule has 2 saturated heterocycles. The third-order valence-corrected chi connectivity index (χ3v) is 6.33. The highest BCUT2D eigenvalue weighted by molar-refractivity contribution is 7.80. The number of benzene rings is 2. The van der Waals surface area contributed by atoms with Gasteiger partial charge in [0.05, 0.1) is 32.4 Å². The predicted molar refractivity (Wildman–Crippen MR) is 130 cm³/mol. The fourth-order valence-electron chi connectivity index (χ4n) is 4.05. The smallest absolute Gasteiger partial charge is 0.256 e. The van der Waals surface area contributed by atoms with Crippen molar-refractivity contribution in [2.75, 3.05) is 56.7 Å². The number of morpholine rings is 1. The maximum absolute atomic E-state index is 13.5. The largest absolute Gasteiger partial charge is 0.497 e. The van der Waals surface area contributed by atoms with Crippen LogP contribution in [0.2, 0.25) is 0 Å². The number of amides is 2. The molecular formula is C24H27FN4O4S. The SMILES string of the molecule is COc1ccc(N2C(=O)[C@@H](CC(=O)Nc3ccc(F)cc3)N(CCN3CCOCC3)C2=S)cc1. The van der Waals surface area contributed by atoms with Gasteiger partial charge in [0.1, 0.15) is 17.6 Å². The summed E-state index contributed by atoms with van der Waals surface area (Å²) in [7, 11) is 1.57. The summed E-state index contributed by atoms with van der Waals surface area (Å²) >= 11 is 5.71. The Hall–Kier alpha value is -3.08. The number of halogens is 1. The Morgan fingerprint density at radius 2 is 1.79 bits per heavy atom. The van der Waals surface area contributed by atoms with Gasteiger partial charge in [0.2, 0.25) is 5.91 Å². The fourth-order valence-corrected chi connectivity index (χ4v) is 4.47. The summed E-state index contributed by atoms with van der Waals surface area (Å²) < 4.78 is 23.8. The molecule has 2 aliphatic rings. The Bertz CT molecular complexity index is 1030. The first-order valence-electron chi connectivity index (χ1n) is 11.1. The van der Waals surface area contributed by atoms with Gasteiger partial charge in [0.25, 0.3) is 5.91 Å². The minimum atomic E-state index is -0.740. The molecule has 0 spiro atoms. The molecule has 2 aromatic carbocycles. The second kappa shape index (κ2) is 10.9. The van der Waals surface area contributed by atoms with Crippen molar-refractivity contribution in [1.29, 1.82) is 0 Å². The summed E-state index contributed by atoms with van der Waals surface area (Å²) in [6.45, 7) is 4.17. The van der Waals surface area contributed by atoms with E-state index in [0.29, 0.717) is 48.5 Å². The van der Waals surface area contributed by atoms with Crippen LogP contribution in [0.5, 0.6) is 5.75 Å². The Kier molecular flexibility index (Phi) is 7.71. The van der Waals surface area contributed by atoms with E-state index in [9.17, 15) is 14.0 Å². The number of nitrogens with one attached hydrogen (secondary N) is 1. The van der Waals surface area contributed by atoms with Crippen LogP contribution in [0.25, 0.3) is 0 Å². The summed E-state index contributed by atoms with van der Waals surface area (Å²) in [5.74, 6) is -0.327. The highest BCUT2D eigenvalue weighted by Gasteiger charge is 2.44. The molecule has 0 radical (unpaired) electrons. The average molecular weight is 487 g/mol. The van der Waals surface area contributed by atoms with Crippen LogP contribution in [-0.4, -0.2) is 79.3 Å². The molecule has 0 bridgehead atoms. The Labute approximate surface area is 203 Å². The molecule has 2 aliphatic heterocycles. The van der Waals surface area contributed by atoms with E-state index in [0.717, 1.165) is 13.1 Å². The zero-order valence-corrected chi connectivity index (χ0v) is 19.7. The van der Waals surface area contributed by atoms with Crippen LogP contribution in [0.4, 0.5) is 15.8 Å². The molecule has 0 aliphatic carbocycles. The van der Waals surface area contributed by atoms with Gasteiger partial charge < -0.3 is 19.7 Å². The quantitative estimate of drug-likeness (QED) is 0.575. The highest BCUT2D eigenvalue weighted by Crippen LogP contribution is 2.29. The van der Waals surface area contributed by atoms with E-state index in [1.165, 1.54) is 29.2 Å². The zero-order chi connectivity index (χ0) is 24.1. The maximum atomic E-state index is 13.5. The van der Waals surface area contributed by atoms with Crippen molar-refractivity contribution >= 4 is 40.5 Å². The molecule has 10 heteroatoms. The number of hydrogen-bond donors (Lipinski definition) is 1. The van der Waals surface area contributed by atoms with Gasteiger partial charge in [-0.05, 0) is 60.7 Å². The standard InChI is InChI=1S/C24H27FN4O4S/c1-32-20-8-6-19(7-9-20)29-23(31)21(16-22(30)26-18-4-2-17(25)3-5-18)28(24(29)34)11-10-27-12-14-33-15-13-27/h2-9,21H,10-16H2,1H3,(H,26,30)/t21-/m1/s1. The number of methoxy groups -OCH3 is 1. The number of hydrogen-bond acceptors (Lipinski definition) is 6. The molecule has 2 fully saturated rings. The molecule has 0 unspecified atom stereocenters. The summed E-state index contributed by atoms with van der Waals surface area (Å²) in [6.07, 6.45) is -0.0773. The summed E-state index contributed by atoms with van der Waals surface area (Å²) in [5, 5.41) is 3.10. The lowest BCUT2D eigenvalue weighted by Gasteiger charge is -2.30. The molecule has 0 aromatic heterocycles. The molecule has 180 valence electrons. The topological polar surface area (TPSA) is 74.4 Å². The first-order valence-corrected chi connectivity index (χ1v) is 11.5. The minimum absolute atomic E-state index is 0.0773. The van der Waals surface area contributed by atoms with Gasteiger partial charge in [-0.15, -0.1) is 0 Å². The van der Waals surface area contributed by atoms with E-state index in [1.807, 2.05) is 4.90 Å². The van der Waals surface area contributed by atoms with Crippen molar-refractivity contribution in [2.45, 2.75) is 12.5 Å². The first-order chi connectivity index (χ1) is 16.5. The van der Waals surface area contributed by atoms with Crippen molar-refractivity contribution in [3.63, 3.8) is 0 Å². The second-order valence-electron chi connectivity index (χ2n) is 8.08. The lowest BCUT2D eigenvalue weighted by Crippen LogP contribution is -2.45. The third kappa shape index (κ3) is 5.52. The third-order valence-electron chi connectivity index (χ3n) is 5.92. The van der Waals surface area contributed by atoms with E-state index in [1.54, 1.807) is 31.4 Å². The molecule has 1 atom stereocenters. The van der Waals surface area contributed by atoms with Crippen molar-refractivity contribution in [1.82, 2.24) is 9.80 Å². The van der Waals surface area contributed by atoms with Crippen LogP contribution < -0.4 is 15.0 Å². The number of carbonyl (C=O) groups excluding carboxylic acids is 2. The molecular weight excluding hydrogens is 459 g/mol. The van der Waals surface area contributed by atoms with Crippen molar-refractivity contribution in [3.05, 3.63) is 54.3 Å².